The first-order chi connectivity index (χ1) is 15.4. The number of amides is 1. The molecular formula is C21H23N5O4S2. The molecule has 9 nitrogen and oxygen atoms in total. The van der Waals surface area contributed by atoms with E-state index in [4.69, 9.17) is 4.74 Å². The highest BCUT2D eigenvalue weighted by atomic mass is 32.2. The van der Waals surface area contributed by atoms with Crippen LogP contribution >= 0.6 is 11.3 Å². The highest BCUT2D eigenvalue weighted by Gasteiger charge is 2.37. The van der Waals surface area contributed by atoms with Crippen LogP contribution in [0.15, 0.2) is 41.8 Å². The Hall–Kier alpha value is -2.92. The molecule has 3 aromatic heterocycles. The largest absolute Gasteiger partial charge is 0.477 e. The van der Waals surface area contributed by atoms with E-state index in [9.17, 15) is 13.2 Å². The van der Waals surface area contributed by atoms with Crippen molar-refractivity contribution in [2.24, 2.45) is 0 Å². The minimum atomic E-state index is -3.33. The number of sulfone groups is 1. The lowest BCUT2D eigenvalue weighted by molar-refractivity contribution is 0.0934. The van der Waals surface area contributed by atoms with Crippen molar-refractivity contribution in [3.8, 4) is 16.5 Å². The minimum absolute atomic E-state index is 0.252. The second kappa shape index (κ2) is 9.29. The SMILES string of the molecule is CCOc1cncc(-c2cnc(C(=O)NC(CC)c3cc(S(=O)(=O)C4CC4)ccn3)s2)n1. The summed E-state index contributed by atoms with van der Waals surface area (Å²) in [5.74, 6) is 0.0434. The fourth-order valence-corrected chi connectivity index (χ4v) is 5.60. The molecule has 0 aliphatic heterocycles. The van der Waals surface area contributed by atoms with E-state index in [1.807, 2.05) is 13.8 Å². The van der Waals surface area contributed by atoms with E-state index in [0.29, 0.717) is 48.0 Å². The number of hydrogen-bond acceptors (Lipinski definition) is 9. The first-order valence-electron chi connectivity index (χ1n) is 10.3. The van der Waals surface area contributed by atoms with Crippen LogP contribution in [0.5, 0.6) is 5.88 Å². The third kappa shape index (κ3) is 4.78. The molecule has 1 aliphatic rings. The molecule has 1 N–H and O–H groups in total. The summed E-state index contributed by atoms with van der Waals surface area (Å²) in [6, 6.07) is 2.63. The maximum atomic E-state index is 12.8. The maximum absolute atomic E-state index is 12.8. The highest BCUT2D eigenvalue weighted by molar-refractivity contribution is 7.92. The number of nitrogens with one attached hydrogen (secondary N) is 1. The van der Waals surface area contributed by atoms with E-state index in [1.165, 1.54) is 29.8 Å². The van der Waals surface area contributed by atoms with Crippen LogP contribution in [0.2, 0.25) is 0 Å². The Morgan fingerprint density at radius 2 is 2.06 bits per heavy atom. The van der Waals surface area contributed by atoms with E-state index >= 15 is 0 Å². The van der Waals surface area contributed by atoms with E-state index in [1.54, 1.807) is 18.5 Å². The maximum Gasteiger partial charge on any atom is 0.280 e. The zero-order chi connectivity index (χ0) is 22.7. The van der Waals surface area contributed by atoms with Gasteiger partial charge in [0.05, 0.1) is 45.8 Å². The predicted molar refractivity (Wildman–Crippen MR) is 119 cm³/mol. The number of pyridine rings is 1. The summed E-state index contributed by atoms with van der Waals surface area (Å²) in [6.45, 7) is 4.24. The Labute approximate surface area is 190 Å². The molecule has 1 atom stereocenters. The molecule has 1 fully saturated rings. The van der Waals surface area contributed by atoms with Crippen molar-refractivity contribution in [1.82, 2.24) is 25.3 Å². The molecule has 0 spiro atoms. The molecule has 0 bridgehead atoms. The Bertz CT molecular complexity index is 1220. The minimum Gasteiger partial charge on any atom is -0.477 e. The number of carbonyl (C=O) groups is 1. The number of thiazole rings is 1. The van der Waals surface area contributed by atoms with Crippen molar-refractivity contribution in [2.75, 3.05) is 6.61 Å². The molecular weight excluding hydrogens is 450 g/mol. The van der Waals surface area contributed by atoms with E-state index in [-0.39, 0.29) is 21.1 Å². The summed E-state index contributed by atoms with van der Waals surface area (Å²) in [6.07, 6.45) is 8.09. The van der Waals surface area contributed by atoms with Crippen molar-refractivity contribution >= 4 is 27.1 Å². The van der Waals surface area contributed by atoms with Gasteiger partial charge in [-0.1, -0.05) is 6.92 Å². The number of carbonyl (C=O) groups excluding carboxylic acids is 1. The molecule has 0 radical (unpaired) electrons. The second-order valence-electron chi connectivity index (χ2n) is 7.30. The molecule has 1 amide bonds. The molecule has 4 rings (SSSR count). The van der Waals surface area contributed by atoms with Gasteiger partial charge in [-0.05, 0) is 38.3 Å². The second-order valence-corrected chi connectivity index (χ2v) is 10.6. The Balaban J connectivity index is 1.50. The van der Waals surface area contributed by atoms with Crippen molar-refractivity contribution in [1.29, 1.82) is 0 Å². The van der Waals surface area contributed by atoms with Gasteiger partial charge < -0.3 is 10.1 Å². The number of aromatic nitrogens is 4. The molecule has 1 saturated carbocycles. The molecule has 168 valence electrons. The topological polar surface area (TPSA) is 124 Å². The summed E-state index contributed by atoms with van der Waals surface area (Å²) in [5, 5.41) is 2.88. The first-order valence-corrected chi connectivity index (χ1v) is 12.7. The summed E-state index contributed by atoms with van der Waals surface area (Å²) in [4.78, 5) is 30.8. The van der Waals surface area contributed by atoms with E-state index in [2.05, 4.69) is 25.3 Å². The lowest BCUT2D eigenvalue weighted by Crippen LogP contribution is -2.28. The molecule has 3 aromatic rings. The lowest BCUT2D eigenvalue weighted by atomic mass is 10.1. The van der Waals surface area contributed by atoms with Crippen LogP contribution in [0, 0.1) is 0 Å². The van der Waals surface area contributed by atoms with Crippen LogP contribution in [0.3, 0.4) is 0 Å². The van der Waals surface area contributed by atoms with Crippen LogP contribution < -0.4 is 10.1 Å². The average molecular weight is 474 g/mol. The standard InChI is InChI=1S/C21H23N5O4S2/c1-3-15(16-9-14(7-8-23-16)32(28,29)13-5-6-13)26-20(27)21-24-11-18(31-21)17-10-22-12-19(25-17)30-4-2/h7-13,15H,3-6H2,1-2H3,(H,26,27). The first kappa shape index (κ1) is 22.3. The fraction of sp³-hybridized carbons (Fsp3) is 0.381. The highest BCUT2D eigenvalue weighted by Crippen LogP contribution is 2.34. The summed E-state index contributed by atoms with van der Waals surface area (Å²) in [7, 11) is -3.33. The molecule has 0 saturated heterocycles. The normalized spacial score (nSPS) is 14.7. The lowest BCUT2D eigenvalue weighted by Gasteiger charge is -2.16. The van der Waals surface area contributed by atoms with Crippen LogP contribution in [-0.2, 0) is 9.84 Å². The number of rotatable bonds is 9. The molecule has 1 aliphatic carbocycles. The van der Waals surface area contributed by atoms with Gasteiger partial charge in [0.1, 0.15) is 5.69 Å². The van der Waals surface area contributed by atoms with Crippen molar-refractivity contribution in [3.63, 3.8) is 0 Å². The van der Waals surface area contributed by atoms with Crippen LogP contribution in [0.1, 0.15) is 54.6 Å². The Kier molecular flexibility index (Phi) is 6.47. The predicted octanol–water partition coefficient (Wildman–Crippen LogP) is 3.21. The smallest absolute Gasteiger partial charge is 0.280 e. The molecule has 0 aromatic carbocycles. The van der Waals surface area contributed by atoms with Gasteiger partial charge in [0.15, 0.2) is 14.8 Å². The van der Waals surface area contributed by atoms with Gasteiger partial charge >= 0.3 is 0 Å². The quantitative estimate of drug-likeness (QED) is 0.502. The number of ether oxygens (including phenoxy) is 1. The van der Waals surface area contributed by atoms with Gasteiger partial charge in [-0.25, -0.2) is 18.4 Å². The third-order valence-corrected chi connectivity index (χ3v) is 8.25. The van der Waals surface area contributed by atoms with Crippen molar-refractivity contribution in [2.45, 2.75) is 49.3 Å². The summed E-state index contributed by atoms with van der Waals surface area (Å²) in [5.41, 5.74) is 1.08. The zero-order valence-corrected chi connectivity index (χ0v) is 19.3. The Morgan fingerprint density at radius 1 is 1.25 bits per heavy atom. The summed E-state index contributed by atoms with van der Waals surface area (Å²) < 4.78 is 30.5. The van der Waals surface area contributed by atoms with Gasteiger partial charge in [0.2, 0.25) is 5.88 Å². The fourth-order valence-electron chi connectivity index (χ4n) is 3.15. The van der Waals surface area contributed by atoms with Crippen LogP contribution in [0.4, 0.5) is 0 Å². The monoisotopic (exact) mass is 473 g/mol. The van der Waals surface area contributed by atoms with E-state index in [0.717, 1.165) is 0 Å². The number of hydrogen-bond donors (Lipinski definition) is 1. The van der Waals surface area contributed by atoms with Gasteiger partial charge in [0.25, 0.3) is 5.91 Å². The van der Waals surface area contributed by atoms with Crippen molar-refractivity contribution in [3.05, 3.63) is 47.6 Å². The van der Waals surface area contributed by atoms with Gasteiger partial charge in [-0.2, -0.15) is 0 Å². The van der Waals surface area contributed by atoms with Crippen LogP contribution in [0.25, 0.3) is 10.6 Å². The third-order valence-electron chi connectivity index (χ3n) is 4.97. The van der Waals surface area contributed by atoms with Crippen molar-refractivity contribution < 1.29 is 17.9 Å². The number of nitrogens with zero attached hydrogens (tertiary/aromatic N) is 4. The summed E-state index contributed by atoms with van der Waals surface area (Å²) >= 11 is 1.19. The Morgan fingerprint density at radius 3 is 2.78 bits per heavy atom. The van der Waals surface area contributed by atoms with E-state index < -0.39 is 15.9 Å². The van der Waals surface area contributed by atoms with Crippen LogP contribution in [-0.4, -0.2) is 46.1 Å². The zero-order valence-electron chi connectivity index (χ0n) is 17.7. The average Bonchev–Trinajstić information content (AvgIpc) is 3.55. The van der Waals surface area contributed by atoms with Gasteiger partial charge in [-0.15, -0.1) is 11.3 Å². The van der Waals surface area contributed by atoms with Gasteiger partial charge in [0, 0.05) is 12.4 Å². The molecule has 1 unspecified atom stereocenters. The molecule has 11 heteroatoms. The molecule has 3 heterocycles. The molecule has 32 heavy (non-hydrogen) atoms. The van der Waals surface area contributed by atoms with Gasteiger partial charge in [-0.3, -0.25) is 14.8 Å².